The molecule has 2 fully saturated rings. The Kier molecular flexibility index (Phi) is 8.93. The van der Waals surface area contributed by atoms with Gasteiger partial charge in [-0.25, -0.2) is 4.79 Å². The third kappa shape index (κ3) is 5.78. The van der Waals surface area contributed by atoms with E-state index >= 15 is 0 Å². The van der Waals surface area contributed by atoms with Crippen LogP contribution >= 0.6 is 11.8 Å². The van der Waals surface area contributed by atoms with Gasteiger partial charge in [0.2, 0.25) is 0 Å². The van der Waals surface area contributed by atoms with Gasteiger partial charge in [0, 0.05) is 17.1 Å². The lowest BCUT2D eigenvalue weighted by atomic mass is 10.1. The van der Waals surface area contributed by atoms with E-state index in [-0.39, 0.29) is 12.1 Å². The molecule has 3 atom stereocenters. The summed E-state index contributed by atoms with van der Waals surface area (Å²) >= 11 is 1.98. The van der Waals surface area contributed by atoms with Crippen LogP contribution in [0.15, 0.2) is 13.2 Å². The van der Waals surface area contributed by atoms with Gasteiger partial charge in [-0.2, -0.15) is 11.8 Å². The lowest BCUT2D eigenvalue weighted by Gasteiger charge is -2.15. The molecular formula is C13H26N2O2S. The van der Waals surface area contributed by atoms with Crippen LogP contribution in [0.1, 0.15) is 33.6 Å². The van der Waals surface area contributed by atoms with Gasteiger partial charge < -0.3 is 15.7 Å². The van der Waals surface area contributed by atoms with Crippen LogP contribution in [0, 0.1) is 0 Å². The number of carbonyl (C=O) groups is 1. The Morgan fingerprint density at radius 3 is 2.50 bits per heavy atom. The van der Waals surface area contributed by atoms with Crippen molar-refractivity contribution in [2.24, 2.45) is 0 Å². The number of fused-ring (bicyclic) bond motifs is 1. The molecule has 2 heterocycles. The highest BCUT2D eigenvalue weighted by molar-refractivity contribution is 8.00. The molecule has 0 aromatic carbocycles. The van der Waals surface area contributed by atoms with Crippen molar-refractivity contribution in [3.63, 3.8) is 0 Å². The van der Waals surface area contributed by atoms with Crippen LogP contribution in [0.2, 0.25) is 0 Å². The quantitative estimate of drug-likeness (QED) is 0.534. The second-order valence-electron chi connectivity index (χ2n) is 4.50. The van der Waals surface area contributed by atoms with Crippen LogP contribution in [0.3, 0.4) is 0 Å². The zero-order chi connectivity index (χ0) is 14.1. The predicted octanol–water partition coefficient (Wildman–Crippen LogP) is 2.14. The van der Waals surface area contributed by atoms with E-state index in [2.05, 4.69) is 30.7 Å². The molecule has 2 rings (SSSR count). The molecule has 4 nitrogen and oxygen atoms in total. The molecule has 18 heavy (non-hydrogen) atoms. The second-order valence-corrected chi connectivity index (χ2v) is 5.78. The van der Waals surface area contributed by atoms with Gasteiger partial charge in [0.15, 0.2) is 0 Å². The number of carbonyl (C=O) groups excluding carboxylic acids is 1. The molecule has 2 aliphatic heterocycles. The largest absolute Gasteiger partial charge is 0.394 e. The summed E-state index contributed by atoms with van der Waals surface area (Å²) in [7, 11) is 0. The number of amides is 2. The summed E-state index contributed by atoms with van der Waals surface area (Å²) < 4.78 is 0. The van der Waals surface area contributed by atoms with Crippen LogP contribution in [0.25, 0.3) is 0 Å². The Labute approximate surface area is 115 Å². The summed E-state index contributed by atoms with van der Waals surface area (Å²) in [6, 6.07) is 0.799. The molecule has 3 N–H and O–H groups in total. The molecule has 2 saturated heterocycles. The molecule has 0 aromatic heterocycles. The minimum absolute atomic E-state index is 0.0198. The van der Waals surface area contributed by atoms with Crippen LogP contribution in [-0.4, -0.2) is 40.3 Å². The van der Waals surface area contributed by atoms with Crippen LogP contribution < -0.4 is 10.6 Å². The summed E-state index contributed by atoms with van der Waals surface area (Å²) in [5.74, 6) is 1.08. The van der Waals surface area contributed by atoms with Crippen molar-refractivity contribution in [2.75, 3.05) is 5.75 Å². The van der Waals surface area contributed by atoms with Gasteiger partial charge in [-0.05, 0) is 20.3 Å². The zero-order valence-corrected chi connectivity index (χ0v) is 12.4. The van der Waals surface area contributed by atoms with E-state index in [1.807, 2.05) is 11.8 Å². The van der Waals surface area contributed by atoms with Crippen molar-refractivity contribution in [2.45, 2.75) is 57.1 Å². The summed E-state index contributed by atoms with van der Waals surface area (Å²) in [6.07, 6.45) is 2.25. The first-order chi connectivity index (χ1) is 8.54. The Balaban J connectivity index is 0.000000415. The maximum Gasteiger partial charge on any atom is 0.315 e. The lowest BCUT2D eigenvalue weighted by molar-refractivity contribution is 0.216. The molecule has 3 unspecified atom stereocenters. The van der Waals surface area contributed by atoms with Gasteiger partial charge in [-0.15, -0.1) is 13.2 Å². The highest BCUT2D eigenvalue weighted by Crippen LogP contribution is 2.32. The summed E-state index contributed by atoms with van der Waals surface area (Å²) in [6.45, 7) is 11.6. The first-order valence-electron chi connectivity index (χ1n) is 6.41. The monoisotopic (exact) mass is 274 g/mol. The van der Waals surface area contributed by atoms with Gasteiger partial charge in [-0.3, -0.25) is 0 Å². The molecule has 0 aliphatic carbocycles. The SMILES string of the molecule is C=C.CC(C)O.CCCC1SCC2NC(=O)NC21. The fraction of sp³-hybridized carbons (Fsp3) is 0.769. The van der Waals surface area contributed by atoms with Gasteiger partial charge in [0.1, 0.15) is 0 Å². The van der Waals surface area contributed by atoms with Crippen molar-refractivity contribution in [3.05, 3.63) is 13.2 Å². The fourth-order valence-corrected chi connectivity index (χ4v) is 3.54. The molecule has 106 valence electrons. The van der Waals surface area contributed by atoms with E-state index in [1.165, 1.54) is 12.8 Å². The summed E-state index contributed by atoms with van der Waals surface area (Å²) in [5.41, 5.74) is 0. The molecule has 5 heteroatoms. The van der Waals surface area contributed by atoms with E-state index in [1.54, 1.807) is 13.8 Å². The van der Waals surface area contributed by atoms with E-state index in [4.69, 9.17) is 5.11 Å². The Hall–Kier alpha value is -0.680. The smallest absolute Gasteiger partial charge is 0.315 e. The Morgan fingerprint density at radius 2 is 2.00 bits per heavy atom. The molecule has 2 amide bonds. The van der Waals surface area contributed by atoms with Crippen molar-refractivity contribution in [3.8, 4) is 0 Å². The minimum Gasteiger partial charge on any atom is -0.394 e. The summed E-state index contributed by atoms with van der Waals surface area (Å²) in [5, 5.41) is 14.6. The average molecular weight is 274 g/mol. The van der Waals surface area contributed by atoms with E-state index in [0.717, 1.165) is 5.75 Å². The number of thioether (sulfide) groups is 1. The molecular weight excluding hydrogens is 248 g/mol. The fourth-order valence-electron chi connectivity index (χ4n) is 1.93. The second kappa shape index (κ2) is 9.28. The third-order valence-corrected chi connectivity index (χ3v) is 4.02. The van der Waals surface area contributed by atoms with Crippen molar-refractivity contribution in [1.29, 1.82) is 0 Å². The van der Waals surface area contributed by atoms with Crippen LogP contribution in [0.5, 0.6) is 0 Å². The standard InChI is InChI=1S/C8H14N2OS.C3H8O.C2H4/c1-2-3-6-7-5(4-12-6)9-8(11)10-7;1-3(2)4;1-2/h5-7H,2-4H2,1H3,(H2,9,10,11);3-4H,1-2H3;1-2H2. The lowest BCUT2D eigenvalue weighted by Crippen LogP contribution is -2.36. The molecule has 0 saturated carbocycles. The molecule has 0 radical (unpaired) electrons. The number of aliphatic hydroxyl groups is 1. The van der Waals surface area contributed by atoms with Crippen LogP contribution in [0.4, 0.5) is 4.79 Å². The number of hydrogen-bond donors (Lipinski definition) is 3. The highest BCUT2D eigenvalue weighted by atomic mass is 32.2. The summed E-state index contributed by atoms with van der Waals surface area (Å²) in [4.78, 5) is 11.0. The van der Waals surface area contributed by atoms with E-state index < -0.39 is 0 Å². The number of nitrogens with one attached hydrogen (secondary N) is 2. The Morgan fingerprint density at radius 1 is 1.44 bits per heavy atom. The molecule has 2 aliphatic rings. The van der Waals surface area contributed by atoms with Crippen molar-refractivity contribution < 1.29 is 9.90 Å². The third-order valence-electron chi connectivity index (χ3n) is 2.51. The average Bonchev–Trinajstić information content (AvgIpc) is 2.82. The van der Waals surface area contributed by atoms with Crippen LogP contribution in [-0.2, 0) is 0 Å². The maximum atomic E-state index is 11.0. The number of urea groups is 1. The first-order valence-corrected chi connectivity index (χ1v) is 7.46. The van der Waals surface area contributed by atoms with Gasteiger partial charge >= 0.3 is 6.03 Å². The zero-order valence-electron chi connectivity index (χ0n) is 11.6. The Bertz CT molecular complexity index is 244. The van der Waals surface area contributed by atoms with Gasteiger partial charge in [0.25, 0.3) is 0 Å². The highest BCUT2D eigenvalue weighted by Gasteiger charge is 2.42. The van der Waals surface area contributed by atoms with Crippen molar-refractivity contribution in [1.82, 2.24) is 10.6 Å². The van der Waals surface area contributed by atoms with E-state index in [9.17, 15) is 4.79 Å². The maximum absolute atomic E-state index is 11.0. The number of hydrogen-bond acceptors (Lipinski definition) is 3. The molecule has 0 bridgehead atoms. The first kappa shape index (κ1) is 17.3. The minimum atomic E-state index is -0.167. The number of rotatable bonds is 2. The van der Waals surface area contributed by atoms with Gasteiger partial charge in [0.05, 0.1) is 12.1 Å². The topological polar surface area (TPSA) is 61.4 Å². The van der Waals surface area contributed by atoms with E-state index in [0.29, 0.717) is 17.3 Å². The van der Waals surface area contributed by atoms with Crippen molar-refractivity contribution >= 4 is 17.8 Å². The normalized spacial score (nSPS) is 28.3. The predicted molar refractivity (Wildman–Crippen MR) is 79.0 cm³/mol. The molecule has 0 spiro atoms. The van der Waals surface area contributed by atoms with Gasteiger partial charge in [-0.1, -0.05) is 13.3 Å². The number of aliphatic hydroxyl groups excluding tert-OH is 1. The molecule has 0 aromatic rings.